The second-order valence-electron chi connectivity index (χ2n) is 3.82. The third-order valence-corrected chi connectivity index (χ3v) is 2.59. The number of carbonyl (C=O) groups is 1. The molecule has 0 aromatic carbocycles. The lowest BCUT2D eigenvalue weighted by molar-refractivity contribution is -0.196. The summed E-state index contributed by atoms with van der Waals surface area (Å²) in [5.74, 6) is 0.495. The van der Waals surface area contributed by atoms with Crippen molar-refractivity contribution in [3.8, 4) is 0 Å². The number of piperidine rings is 1. The molecule has 0 bridgehead atoms. The van der Waals surface area contributed by atoms with Gasteiger partial charge in [0.25, 0.3) is 0 Å². The lowest BCUT2D eigenvalue weighted by atomic mass is 9.98. The summed E-state index contributed by atoms with van der Waals surface area (Å²) >= 11 is 0. The Hall–Kier alpha value is -0.610. The molecule has 1 saturated heterocycles. The van der Waals surface area contributed by atoms with E-state index in [1.54, 1.807) is 5.06 Å². The number of hydrogen-bond donors (Lipinski definition) is 1. The molecule has 4 nitrogen and oxygen atoms in total. The minimum Gasteiger partial charge on any atom is -0.368 e. The molecule has 1 heterocycles. The number of nitrogens with zero attached hydrogens (tertiary/aromatic N) is 1. The van der Waals surface area contributed by atoms with Crippen LogP contribution in [0.2, 0.25) is 0 Å². The van der Waals surface area contributed by atoms with E-state index in [1.807, 2.05) is 6.92 Å². The molecule has 1 fully saturated rings. The van der Waals surface area contributed by atoms with Crippen molar-refractivity contribution in [1.29, 1.82) is 0 Å². The van der Waals surface area contributed by atoms with Gasteiger partial charge in [-0.05, 0) is 31.7 Å². The monoisotopic (exact) mass is 200 g/mol. The van der Waals surface area contributed by atoms with Gasteiger partial charge >= 0.3 is 5.97 Å². The molecule has 2 N–H and O–H groups in total. The maximum Gasteiger partial charge on any atom is 0.325 e. The quantitative estimate of drug-likeness (QED) is 0.733. The summed E-state index contributed by atoms with van der Waals surface area (Å²) < 4.78 is 0. The van der Waals surface area contributed by atoms with E-state index in [4.69, 9.17) is 10.6 Å². The Kier molecular flexibility index (Phi) is 4.90. The Bertz CT molecular complexity index is 177. The minimum absolute atomic E-state index is 0.112. The highest BCUT2D eigenvalue weighted by Gasteiger charge is 2.20. The molecule has 0 amide bonds. The summed E-state index contributed by atoms with van der Waals surface area (Å²) in [6, 6.07) is 0. The maximum absolute atomic E-state index is 11.2. The Morgan fingerprint density at radius 3 is 2.64 bits per heavy atom. The number of rotatable bonds is 4. The molecule has 0 atom stereocenters. The largest absolute Gasteiger partial charge is 0.368 e. The van der Waals surface area contributed by atoms with E-state index >= 15 is 0 Å². The molecule has 82 valence electrons. The molecule has 0 aromatic heterocycles. The zero-order valence-electron chi connectivity index (χ0n) is 8.87. The van der Waals surface area contributed by atoms with Crippen molar-refractivity contribution in [3.05, 3.63) is 0 Å². The molecule has 1 aliphatic heterocycles. The molecule has 0 unspecified atom stereocenters. The number of carbonyl (C=O) groups excluding carboxylic acids is 1. The molecule has 0 saturated carbocycles. The first-order valence-electron chi connectivity index (χ1n) is 5.42. The highest BCUT2D eigenvalue weighted by molar-refractivity contribution is 5.68. The third kappa shape index (κ3) is 3.64. The number of nitrogens with two attached hydrogens (primary N) is 1. The average molecular weight is 200 g/mol. The summed E-state index contributed by atoms with van der Waals surface area (Å²) in [5.41, 5.74) is 5.57. The van der Waals surface area contributed by atoms with Gasteiger partial charge in [0, 0.05) is 19.5 Å². The molecule has 0 spiro atoms. The first kappa shape index (κ1) is 11.5. The van der Waals surface area contributed by atoms with Crippen molar-refractivity contribution >= 4 is 5.97 Å². The second-order valence-corrected chi connectivity index (χ2v) is 3.82. The highest BCUT2D eigenvalue weighted by Crippen LogP contribution is 2.16. The molecule has 14 heavy (non-hydrogen) atoms. The van der Waals surface area contributed by atoms with E-state index < -0.39 is 0 Å². The van der Waals surface area contributed by atoms with Gasteiger partial charge in [-0.25, -0.2) is 0 Å². The summed E-state index contributed by atoms with van der Waals surface area (Å²) in [4.78, 5) is 16.4. The van der Waals surface area contributed by atoms with Crippen LogP contribution in [0.5, 0.6) is 0 Å². The van der Waals surface area contributed by atoms with Gasteiger partial charge in [0.2, 0.25) is 0 Å². The van der Waals surface area contributed by atoms with Gasteiger partial charge in [-0.1, -0.05) is 6.92 Å². The molecule has 1 rings (SSSR count). The van der Waals surface area contributed by atoms with Crippen molar-refractivity contribution in [2.24, 2.45) is 11.7 Å². The van der Waals surface area contributed by atoms with E-state index in [-0.39, 0.29) is 5.97 Å². The van der Waals surface area contributed by atoms with Gasteiger partial charge in [0.05, 0.1) is 0 Å². The predicted octanol–water partition coefficient (Wildman–Crippen LogP) is 0.915. The number of hydrogen-bond acceptors (Lipinski definition) is 4. The van der Waals surface area contributed by atoms with Crippen molar-refractivity contribution in [1.82, 2.24) is 5.06 Å². The van der Waals surface area contributed by atoms with E-state index in [2.05, 4.69) is 0 Å². The van der Waals surface area contributed by atoms with Crippen LogP contribution in [-0.4, -0.2) is 30.7 Å². The van der Waals surface area contributed by atoms with Crippen LogP contribution in [-0.2, 0) is 9.63 Å². The van der Waals surface area contributed by atoms with Crippen LogP contribution in [0.15, 0.2) is 0 Å². The lowest BCUT2D eigenvalue weighted by Gasteiger charge is -2.29. The Labute approximate surface area is 85.3 Å². The van der Waals surface area contributed by atoms with Crippen LogP contribution in [0.25, 0.3) is 0 Å². The zero-order valence-corrected chi connectivity index (χ0v) is 8.87. The van der Waals surface area contributed by atoms with Crippen molar-refractivity contribution in [2.75, 3.05) is 19.6 Å². The minimum atomic E-state index is -0.112. The summed E-state index contributed by atoms with van der Waals surface area (Å²) in [6.07, 6.45) is 3.43. The van der Waals surface area contributed by atoms with Crippen molar-refractivity contribution < 1.29 is 9.63 Å². The van der Waals surface area contributed by atoms with Crippen LogP contribution < -0.4 is 5.73 Å². The van der Waals surface area contributed by atoms with Gasteiger partial charge in [-0.15, -0.1) is 5.06 Å². The summed E-state index contributed by atoms with van der Waals surface area (Å²) in [7, 11) is 0. The predicted molar refractivity (Wildman–Crippen MR) is 54.4 cm³/mol. The highest BCUT2D eigenvalue weighted by atomic mass is 16.7. The Morgan fingerprint density at radius 1 is 1.50 bits per heavy atom. The fourth-order valence-electron chi connectivity index (χ4n) is 1.63. The lowest BCUT2D eigenvalue weighted by Crippen LogP contribution is -2.37. The van der Waals surface area contributed by atoms with Crippen LogP contribution >= 0.6 is 0 Å². The summed E-state index contributed by atoms with van der Waals surface area (Å²) in [5, 5.41) is 1.77. The average Bonchev–Trinajstić information content (AvgIpc) is 2.19. The molecular weight excluding hydrogens is 180 g/mol. The fourth-order valence-corrected chi connectivity index (χ4v) is 1.63. The van der Waals surface area contributed by atoms with E-state index in [9.17, 15) is 4.79 Å². The molecular formula is C10H20N2O2. The summed E-state index contributed by atoms with van der Waals surface area (Å²) in [6.45, 7) is 4.38. The zero-order chi connectivity index (χ0) is 10.4. The van der Waals surface area contributed by atoms with Crippen LogP contribution in [0.1, 0.15) is 32.6 Å². The van der Waals surface area contributed by atoms with Gasteiger partial charge in [0.1, 0.15) is 0 Å². The first-order valence-corrected chi connectivity index (χ1v) is 5.42. The SMILES string of the molecule is CCCC(=O)ON1CCC(CN)CC1. The van der Waals surface area contributed by atoms with Gasteiger partial charge in [-0.2, -0.15) is 0 Å². The van der Waals surface area contributed by atoms with Crippen molar-refractivity contribution in [3.63, 3.8) is 0 Å². The van der Waals surface area contributed by atoms with Crippen LogP contribution in [0, 0.1) is 5.92 Å². The van der Waals surface area contributed by atoms with Gasteiger partial charge in [-0.3, -0.25) is 4.79 Å². The van der Waals surface area contributed by atoms with Crippen LogP contribution in [0.3, 0.4) is 0 Å². The van der Waals surface area contributed by atoms with Gasteiger partial charge in [0.15, 0.2) is 0 Å². The van der Waals surface area contributed by atoms with E-state index in [0.29, 0.717) is 12.3 Å². The third-order valence-electron chi connectivity index (χ3n) is 2.59. The Balaban J connectivity index is 2.18. The molecule has 0 radical (unpaired) electrons. The Morgan fingerprint density at radius 2 is 2.14 bits per heavy atom. The maximum atomic E-state index is 11.2. The number of hydroxylamine groups is 2. The molecule has 0 aliphatic carbocycles. The molecule has 4 heteroatoms. The standard InChI is InChI=1S/C10H20N2O2/c1-2-3-10(13)14-12-6-4-9(8-11)5-7-12/h9H,2-8,11H2,1H3. The van der Waals surface area contributed by atoms with E-state index in [1.165, 1.54) is 0 Å². The molecule has 1 aliphatic rings. The van der Waals surface area contributed by atoms with Crippen LogP contribution in [0.4, 0.5) is 0 Å². The fraction of sp³-hybridized carbons (Fsp3) is 0.900. The van der Waals surface area contributed by atoms with Crippen molar-refractivity contribution in [2.45, 2.75) is 32.6 Å². The normalized spacial score (nSPS) is 19.6. The van der Waals surface area contributed by atoms with Gasteiger partial charge < -0.3 is 10.6 Å². The smallest absolute Gasteiger partial charge is 0.325 e. The second kappa shape index (κ2) is 5.98. The topological polar surface area (TPSA) is 55.6 Å². The first-order chi connectivity index (χ1) is 6.76. The molecule has 0 aromatic rings. The van der Waals surface area contributed by atoms with E-state index in [0.717, 1.165) is 38.9 Å².